The molecule has 1 atom stereocenters. The SMILES string of the molecule is Cc1cc(C(N)c2ccc(C)c(F)c2F)ccc1F. The Morgan fingerprint density at radius 1 is 0.895 bits per heavy atom. The van der Waals surface area contributed by atoms with Gasteiger partial charge in [-0.15, -0.1) is 0 Å². The molecule has 4 heteroatoms. The lowest BCUT2D eigenvalue weighted by atomic mass is 9.96. The van der Waals surface area contributed by atoms with Gasteiger partial charge >= 0.3 is 0 Å². The molecular formula is C15H14F3N. The zero-order valence-corrected chi connectivity index (χ0v) is 10.7. The molecule has 2 rings (SSSR count). The van der Waals surface area contributed by atoms with Crippen molar-refractivity contribution in [1.29, 1.82) is 0 Å². The van der Waals surface area contributed by atoms with E-state index >= 15 is 0 Å². The standard InChI is InChI=1S/C15H14F3N/c1-8-3-5-11(14(18)13(8)17)15(19)10-4-6-12(16)9(2)7-10/h3-7,15H,19H2,1-2H3. The highest BCUT2D eigenvalue weighted by Gasteiger charge is 2.18. The number of halogens is 3. The van der Waals surface area contributed by atoms with Crippen LogP contribution in [0.4, 0.5) is 13.2 Å². The summed E-state index contributed by atoms with van der Waals surface area (Å²) in [5, 5.41) is 0. The average Bonchev–Trinajstić information content (AvgIpc) is 2.39. The van der Waals surface area contributed by atoms with Crippen molar-refractivity contribution in [2.24, 2.45) is 5.73 Å². The third kappa shape index (κ3) is 2.49. The Labute approximate surface area is 109 Å². The van der Waals surface area contributed by atoms with Gasteiger partial charge in [-0.05, 0) is 36.6 Å². The van der Waals surface area contributed by atoms with Gasteiger partial charge in [0, 0.05) is 5.56 Å². The first-order chi connectivity index (χ1) is 8.91. The Kier molecular flexibility index (Phi) is 3.62. The summed E-state index contributed by atoms with van der Waals surface area (Å²) in [6.07, 6.45) is 0. The van der Waals surface area contributed by atoms with Crippen molar-refractivity contribution in [2.45, 2.75) is 19.9 Å². The molecule has 0 aromatic heterocycles. The third-order valence-corrected chi connectivity index (χ3v) is 3.18. The summed E-state index contributed by atoms with van der Waals surface area (Å²) in [7, 11) is 0. The van der Waals surface area contributed by atoms with Crippen LogP contribution in [0.5, 0.6) is 0 Å². The van der Waals surface area contributed by atoms with Crippen molar-refractivity contribution in [3.8, 4) is 0 Å². The number of nitrogens with two attached hydrogens (primary N) is 1. The number of hydrogen-bond acceptors (Lipinski definition) is 1. The number of benzene rings is 2. The zero-order chi connectivity index (χ0) is 14.2. The van der Waals surface area contributed by atoms with E-state index in [0.717, 1.165) is 0 Å². The van der Waals surface area contributed by atoms with Crippen molar-refractivity contribution in [3.63, 3.8) is 0 Å². The van der Waals surface area contributed by atoms with E-state index in [1.165, 1.54) is 37.3 Å². The number of aryl methyl sites for hydroxylation is 2. The molecule has 0 saturated heterocycles. The van der Waals surface area contributed by atoms with Gasteiger partial charge in [-0.3, -0.25) is 0 Å². The molecule has 0 aliphatic rings. The minimum Gasteiger partial charge on any atom is -0.320 e. The maximum Gasteiger partial charge on any atom is 0.164 e. The van der Waals surface area contributed by atoms with E-state index in [2.05, 4.69) is 0 Å². The van der Waals surface area contributed by atoms with Crippen LogP contribution in [-0.2, 0) is 0 Å². The lowest BCUT2D eigenvalue weighted by molar-refractivity contribution is 0.489. The Balaban J connectivity index is 2.47. The van der Waals surface area contributed by atoms with Crippen molar-refractivity contribution < 1.29 is 13.2 Å². The van der Waals surface area contributed by atoms with Gasteiger partial charge in [-0.1, -0.05) is 24.3 Å². The van der Waals surface area contributed by atoms with E-state index in [1.54, 1.807) is 6.92 Å². The molecule has 2 aromatic carbocycles. The minimum absolute atomic E-state index is 0.0640. The lowest BCUT2D eigenvalue weighted by Gasteiger charge is -2.15. The van der Waals surface area contributed by atoms with E-state index in [1.807, 2.05) is 0 Å². The Hall–Kier alpha value is -1.81. The molecule has 2 N–H and O–H groups in total. The topological polar surface area (TPSA) is 26.0 Å². The van der Waals surface area contributed by atoms with Crippen LogP contribution < -0.4 is 5.73 Å². The molecular weight excluding hydrogens is 251 g/mol. The first-order valence-electron chi connectivity index (χ1n) is 5.88. The molecule has 1 nitrogen and oxygen atoms in total. The Bertz CT molecular complexity index is 623. The fraction of sp³-hybridized carbons (Fsp3) is 0.200. The second kappa shape index (κ2) is 5.05. The second-order valence-corrected chi connectivity index (χ2v) is 4.59. The van der Waals surface area contributed by atoms with E-state index in [0.29, 0.717) is 11.1 Å². The smallest absolute Gasteiger partial charge is 0.164 e. The monoisotopic (exact) mass is 265 g/mol. The average molecular weight is 265 g/mol. The zero-order valence-electron chi connectivity index (χ0n) is 10.7. The number of rotatable bonds is 2. The molecule has 19 heavy (non-hydrogen) atoms. The van der Waals surface area contributed by atoms with Gasteiger partial charge in [0.2, 0.25) is 0 Å². The predicted molar refractivity (Wildman–Crippen MR) is 68.3 cm³/mol. The summed E-state index contributed by atoms with van der Waals surface area (Å²) < 4.78 is 40.6. The van der Waals surface area contributed by atoms with Crippen molar-refractivity contribution in [2.75, 3.05) is 0 Å². The molecule has 0 spiro atoms. The maximum atomic E-state index is 13.8. The summed E-state index contributed by atoms with van der Waals surface area (Å²) in [5.74, 6) is -2.20. The van der Waals surface area contributed by atoms with Crippen LogP contribution >= 0.6 is 0 Å². The first-order valence-corrected chi connectivity index (χ1v) is 5.88. The van der Waals surface area contributed by atoms with Gasteiger partial charge in [-0.2, -0.15) is 0 Å². The maximum absolute atomic E-state index is 13.8. The fourth-order valence-corrected chi connectivity index (χ4v) is 1.94. The van der Waals surface area contributed by atoms with Crippen molar-refractivity contribution >= 4 is 0 Å². The van der Waals surface area contributed by atoms with Gasteiger partial charge in [0.1, 0.15) is 5.82 Å². The van der Waals surface area contributed by atoms with E-state index in [4.69, 9.17) is 5.73 Å². The molecule has 2 aromatic rings. The molecule has 0 aliphatic heterocycles. The van der Waals surface area contributed by atoms with Gasteiger partial charge < -0.3 is 5.73 Å². The molecule has 100 valence electrons. The highest BCUT2D eigenvalue weighted by molar-refractivity contribution is 5.36. The lowest BCUT2D eigenvalue weighted by Crippen LogP contribution is -2.15. The van der Waals surface area contributed by atoms with Gasteiger partial charge in [0.05, 0.1) is 6.04 Å². The van der Waals surface area contributed by atoms with Crippen LogP contribution in [0.15, 0.2) is 30.3 Å². The molecule has 0 bridgehead atoms. The summed E-state index contributed by atoms with van der Waals surface area (Å²) in [4.78, 5) is 0. The molecule has 0 amide bonds. The molecule has 0 saturated carbocycles. The molecule has 0 fully saturated rings. The van der Waals surface area contributed by atoms with Gasteiger partial charge in [0.25, 0.3) is 0 Å². The van der Waals surface area contributed by atoms with Crippen LogP contribution in [0.1, 0.15) is 28.3 Å². The van der Waals surface area contributed by atoms with Crippen LogP contribution in [0.2, 0.25) is 0 Å². The van der Waals surface area contributed by atoms with E-state index < -0.39 is 17.7 Å². The largest absolute Gasteiger partial charge is 0.320 e. The second-order valence-electron chi connectivity index (χ2n) is 4.59. The van der Waals surface area contributed by atoms with Gasteiger partial charge in [-0.25, -0.2) is 13.2 Å². The highest BCUT2D eigenvalue weighted by atomic mass is 19.2. The molecule has 0 radical (unpaired) electrons. The van der Waals surface area contributed by atoms with Gasteiger partial charge in [0.15, 0.2) is 11.6 Å². The predicted octanol–water partition coefficient (Wildman–Crippen LogP) is 3.77. The quantitative estimate of drug-likeness (QED) is 0.878. The highest BCUT2D eigenvalue weighted by Crippen LogP contribution is 2.26. The summed E-state index contributed by atoms with van der Waals surface area (Å²) >= 11 is 0. The third-order valence-electron chi connectivity index (χ3n) is 3.18. The summed E-state index contributed by atoms with van der Waals surface area (Å²) in [6.45, 7) is 3.08. The van der Waals surface area contributed by atoms with Crippen molar-refractivity contribution in [3.05, 3.63) is 70.0 Å². The molecule has 1 unspecified atom stereocenters. The Morgan fingerprint density at radius 2 is 1.58 bits per heavy atom. The first kappa shape index (κ1) is 13.6. The molecule has 0 aliphatic carbocycles. The summed E-state index contributed by atoms with van der Waals surface area (Å²) in [6, 6.07) is 6.39. The normalized spacial score (nSPS) is 12.5. The van der Waals surface area contributed by atoms with E-state index in [-0.39, 0.29) is 16.9 Å². The summed E-state index contributed by atoms with van der Waals surface area (Å²) in [5.41, 5.74) is 7.18. The van der Waals surface area contributed by atoms with Crippen LogP contribution in [0.25, 0.3) is 0 Å². The molecule has 0 heterocycles. The van der Waals surface area contributed by atoms with Crippen LogP contribution in [0, 0.1) is 31.3 Å². The van der Waals surface area contributed by atoms with Crippen molar-refractivity contribution in [1.82, 2.24) is 0 Å². The fourth-order valence-electron chi connectivity index (χ4n) is 1.94. The van der Waals surface area contributed by atoms with Crippen LogP contribution in [0.3, 0.4) is 0 Å². The van der Waals surface area contributed by atoms with E-state index in [9.17, 15) is 13.2 Å². The number of hydrogen-bond donors (Lipinski definition) is 1. The Morgan fingerprint density at radius 3 is 2.21 bits per heavy atom. The minimum atomic E-state index is -0.950. The van der Waals surface area contributed by atoms with Crippen LogP contribution in [-0.4, -0.2) is 0 Å².